The van der Waals surface area contributed by atoms with Crippen molar-refractivity contribution in [3.63, 3.8) is 0 Å². The lowest BCUT2D eigenvalue weighted by Gasteiger charge is -2.18. The van der Waals surface area contributed by atoms with Gasteiger partial charge in [0, 0.05) is 13.6 Å². The van der Waals surface area contributed by atoms with E-state index in [2.05, 4.69) is 5.32 Å². The molecule has 0 aliphatic carbocycles. The van der Waals surface area contributed by atoms with E-state index in [1.807, 2.05) is 54.6 Å². The molecule has 0 fully saturated rings. The van der Waals surface area contributed by atoms with Gasteiger partial charge in [-0.1, -0.05) is 30.3 Å². The molecule has 0 atom stereocenters. The molecule has 2 aromatic carbocycles. The molecule has 7 nitrogen and oxygen atoms in total. The molecule has 0 bridgehead atoms. The smallest absolute Gasteiger partial charge is 0.317 e. The SMILES string of the molecule is CN(CCOc1ccc(OCc2ccccc2)cc1)C(=O)NCCC(=O)O. The minimum atomic E-state index is -0.947. The van der Waals surface area contributed by atoms with Gasteiger partial charge in [-0.3, -0.25) is 4.79 Å². The zero-order valence-electron chi connectivity index (χ0n) is 15.3. The average Bonchev–Trinajstić information content (AvgIpc) is 2.67. The van der Waals surface area contributed by atoms with Crippen molar-refractivity contribution >= 4 is 12.0 Å². The van der Waals surface area contributed by atoms with Gasteiger partial charge in [0.1, 0.15) is 24.7 Å². The minimum Gasteiger partial charge on any atom is -0.492 e. The molecule has 7 heteroatoms. The van der Waals surface area contributed by atoms with Crippen LogP contribution in [-0.2, 0) is 11.4 Å². The van der Waals surface area contributed by atoms with Crippen molar-refractivity contribution in [1.82, 2.24) is 10.2 Å². The number of nitrogens with zero attached hydrogens (tertiary/aromatic N) is 1. The molecule has 0 heterocycles. The van der Waals surface area contributed by atoms with Crippen molar-refractivity contribution in [2.75, 3.05) is 26.7 Å². The number of carboxylic acid groups (broad SMARTS) is 1. The molecule has 0 unspecified atom stereocenters. The Balaban J connectivity index is 1.67. The van der Waals surface area contributed by atoms with E-state index in [1.54, 1.807) is 7.05 Å². The Morgan fingerprint density at radius 1 is 1.00 bits per heavy atom. The maximum absolute atomic E-state index is 11.8. The van der Waals surface area contributed by atoms with Crippen LogP contribution in [0.15, 0.2) is 54.6 Å². The summed E-state index contributed by atoms with van der Waals surface area (Å²) in [5.41, 5.74) is 1.10. The van der Waals surface area contributed by atoms with Crippen molar-refractivity contribution < 1.29 is 24.2 Å². The molecule has 0 aromatic heterocycles. The second-order valence-electron chi connectivity index (χ2n) is 5.89. The Kier molecular flexibility index (Phi) is 7.96. The first kappa shape index (κ1) is 20.1. The highest BCUT2D eigenvalue weighted by Crippen LogP contribution is 2.18. The molecule has 27 heavy (non-hydrogen) atoms. The van der Waals surface area contributed by atoms with Crippen molar-refractivity contribution in [1.29, 1.82) is 0 Å². The number of nitrogens with one attached hydrogen (secondary N) is 1. The Morgan fingerprint density at radius 3 is 2.26 bits per heavy atom. The van der Waals surface area contributed by atoms with Gasteiger partial charge < -0.3 is 24.8 Å². The summed E-state index contributed by atoms with van der Waals surface area (Å²) in [6, 6.07) is 16.9. The van der Waals surface area contributed by atoms with Crippen LogP contribution in [0.25, 0.3) is 0 Å². The fraction of sp³-hybridized carbons (Fsp3) is 0.300. The van der Waals surface area contributed by atoms with Gasteiger partial charge in [-0.15, -0.1) is 0 Å². The van der Waals surface area contributed by atoms with Gasteiger partial charge in [-0.2, -0.15) is 0 Å². The summed E-state index contributed by atoms with van der Waals surface area (Å²) in [5.74, 6) is 0.486. The summed E-state index contributed by atoms with van der Waals surface area (Å²) in [7, 11) is 1.62. The lowest BCUT2D eigenvalue weighted by atomic mass is 10.2. The highest BCUT2D eigenvalue weighted by molar-refractivity contribution is 5.74. The van der Waals surface area contributed by atoms with Gasteiger partial charge in [0.25, 0.3) is 0 Å². The summed E-state index contributed by atoms with van der Waals surface area (Å²) in [6.45, 7) is 1.31. The van der Waals surface area contributed by atoms with Gasteiger partial charge in [0.2, 0.25) is 0 Å². The van der Waals surface area contributed by atoms with E-state index in [1.165, 1.54) is 4.90 Å². The number of carboxylic acids is 1. The standard InChI is InChI=1S/C20H24N2O5/c1-22(20(25)21-12-11-19(23)24)13-14-26-17-7-9-18(10-8-17)27-15-16-5-3-2-4-6-16/h2-10H,11-15H2,1H3,(H,21,25)(H,23,24). The summed E-state index contributed by atoms with van der Waals surface area (Å²) in [5, 5.41) is 11.1. The van der Waals surface area contributed by atoms with E-state index in [0.29, 0.717) is 25.5 Å². The van der Waals surface area contributed by atoms with Crippen LogP contribution in [0.5, 0.6) is 11.5 Å². The van der Waals surface area contributed by atoms with Crippen molar-refractivity contribution in [3.8, 4) is 11.5 Å². The highest BCUT2D eigenvalue weighted by Gasteiger charge is 2.08. The fourth-order valence-corrected chi connectivity index (χ4v) is 2.19. The van der Waals surface area contributed by atoms with E-state index in [9.17, 15) is 9.59 Å². The van der Waals surface area contributed by atoms with Crippen LogP contribution in [0.3, 0.4) is 0 Å². The fourth-order valence-electron chi connectivity index (χ4n) is 2.19. The Morgan fingerprint density at radius 2 is 1.63 bits per heavy atom. The third-order valence-electron chi connectivity index (χ3n) is 3.73. The van der Waals surface area contributed by atoms with Crippen molar-refractivity contribution in [2.24, 2.45) is 0 Å². The van der Waals surface area contributed by atoms with Crippen molar-refractivity contribution in [3.05, 3.63) is 60.2 Å². The summed E-state index contributed by atoms with van der Waals surface area (Å²) in [6.07, 6.45) is -0.102. The number of carbonyl (C=O) groups is 2. The van der Waals surface area contributed by atoms with Crippen LogP contribution in [-0.4, -0.2) is 48.8 Å². The number of amides is 2. The zero-order chi connectivity index (χ0) is 19.5. The Labute approximate surface area is 158 Å². The normalized spacial score (nSPS) is 10.1. The molecular formula is C20H24N2O5. The monoisotopic (exact) mass is 372 g/mol. The van der Waals surface area contributed by atoms with Crippen molar-refractivity contribution in [2.45, 2.75) is 13.0 Å². The quantitative estimate of drug-likeness (QED) is 0.670. The number of hydrogen-bond donors (Lipinski definition) is 2. The van der Waals surface area contributed by atoms with E-state index in [0.717, 1.165) is 11.3 Å². The second kappa shape index (κ2) is 10.7. The van der Waals surface area contributed by atoms with Crippen LogP contribution in [0.2, 0.25) is 0 Å². The summed E-state index contributed by atoms with van der Waals surface area (Å²) < 4.78 is 11.3. The lowest BCUT2D eigenvalue weighted by molar-refractivity contribution is -0.136. The molecule has 0 aliphatic rings. The Bertz CT molecular complexity index is 719. The van der Waals surface area contributed by atoms with E-state index < -0.39 is 5.97 Å². The Hall–Kier alpha value is -3.22. The minimum absolute atomic E-state index is 0.101. The van der Waals surface area contributed by atoms with E-state index in [4.69, 9.17) is 14.6 Å². The van der Waals surface area contributed by atoms with Crippen LogP contribution in [0.4, 0.5) is 4.79 Å². The predicted octanol–water partition coefficient (Wildman–Crippen LogP) is 2.76. The number of ether oxygens (including phenoxy) is 2. The topological polar surface area (TPSA) is 88.1 Å². The van der Waals surface area contributed by atoms with Crippen LogP contribution in [0, 0.1) is 0 Å². The maximum Gasteiger partial charge on any atom is 0.317 e. The number of hydrogen-bond acceptors (Lipinski definition) is 4. The second-order valence-corrected chi connectivity index (χ2v) is 5.89. The first-order valence-electron chi connectivity index (χ1n) is 8.65. The number of urea groups is 1. The maximum atomic E-state index is 11.8. The number of benzene rings is 2. The van der Waals surface area contributed by atoms with Gasteiger partial charge in [0.05, 0.1) is 13.0 Å². The zero-order valence-corrected chi connectivity index (χ0v) is 15.3. The third-order valence-corrected chi connectivity index (χ3v) is 3.73. The van der Waals surface area contributed by atoms with E-state index >= 15 is 0 Å². The van der Waals surface area contributed by atoms with Crippen LogP contribution in [0.1, 0.15) is 12.0 Å². The number of carbonyl (C=O) groups excluding carboxylic acids is 1. The molecule has 0 aliphatic heterocycles. The van der Waals surface area contributed by atoms with Gasteiger partial charge in [-0.05, 0) is 29.8 Å². The molecule has 0 radical (unpaired) electrons. The van der Waals surface area contributed by atoms with E-state index in [-0.39, 0.29) is 19.0 Å². The molecule has 2 amide bonds. The molecular weight excluding hydrogens is 348 g/mol. The molecule has 0 saturated carbocycles. The number of likely N-dealkylation sites (N-methyl/N-ethyl adjacent to an activating group) is 1. The summed E-state index contributed by atoms with van der Waals surface area (Å²) >= 11 is 0. The molecule has 0 spiro atoms. The number of rotatable bonds is 10. The largest absolute Gasteiger partial charge is 0.492 e. The van der Waals surface area contributed by atoms with Gasteiger partial charge in [0.15, 0.2) is 0 Å². The number of aliphatic carboxylic acids is 1. The first-order valence-corrected chi connectivity index (χ1v) is 8.65. The summed E-state index contributed by atoms with van der Waals surface area (Å²) in [4.78, 5) is 23.6. The molecule has 2 aromatic rings. The molecule has 2 N–H and O–H groups in total. The van der Waals surface area contributed by atoms with Gasteiger partial charge >= 0.3 is 12.0 Å². The van der Waals surface area contributed by atoms with Gasteiger partial charge in [-0.25, -0.2) is 4.79 Å². The predicted molar refractivity (Wildman–Crippen MR) is 101 cm³/mol. The average molecular weight is 372 g/mol. The molecule has 0 saturated heterocycles. The molecule has 144 valence electrons. The van der Waals surface area contributed by atoms with Crippen LogP contribution >= 0.6 is 0 Å². The van der Waals surface area contributed by atoms with Crippen LogP contribution < -0.4 is 14.8 Å². The molecule has 2 rings (SSSR count). The third kappa shape index (κ3) is 7.68. The highest BCUT2D eigenvalue weighted by atomic mass is 16.5. The first-order chi connectivity index (χ1) is 13.0. The lowest BCUT2D eigenvalue weighted by Crippen LogP contribution is -2.40.